The van der Waals surface area contributed by atoms with Gasteiger partial charge in [0.2, 0.25) is 5.91 Å². The predicted octanol–water partition coefficient (Wildman–Crippen LogP) is 2.44. The molecule has 0 radical (unpaired) electrons. The van der Waals surface area contributed by atoms with Crippen LogP contribution in [0, 0.1) is 0 Å². The molecule has 3 rings (SSSR count). The van der Waals surface area contributed by atoms with Crippen LogP contribution < -0.4 is 0 Å². The summed E-state index contributed by atoms with van der Waals surface area (Å²) in [5, 5.41) is 8.78. The van der Waals surface area contributed by atoms with Crippen LogP contribution in [0.1, 0.15) is 25.3 Å². The quantitative estimate of drug-likeness (QED) is 0.421. The Hall–Kier alpha value is -2.78. The summed E-state index contributed by atoms with van der Waals surface area (Å²) in [6, 6.07) is 8.61. The van der Waals surface area contributed by atoms with Crippen molar-refractivity contribution in [1.82, 2.24) is 9.80 Å². The smallest absolute Gasteiger partial charge is 0.305 e. The standard InChI is InChI=1S/C20H18N2O5S2/c1-12(9-13-5-3-2-4-6-13)10-15-19(27)22(20(28)29-15)14-11-16(23)21(18(14)26)8-7-17(24)25/h2-6,9-10,14H,7-8,11H2,1H3,(H,24,25)/b12-9+,15-10-. The normalized spacial score (nSPS) is 21.6. The van der Waals surface area contributed by atoms with Crippen LogP contribution in [0.4, 0.5) is 0 Å². The first-order valence-electron chi connectivity index (χ1n) is 8.84. The molecule has 3 amide bonds. The molecule has 0 saturated carbocycles. The fraction of sp³-hybridized carbons (Fsp3) is 0.250. The Morgan fingerprint density at radius 1 is 1.28 bits per heavy atom. The van der Waals surface area contributed by atoms with Gasteiger partial charge < -0.3 is 5.11 Å². The Bertz CT molecular complexity index is 955. The first kappa shape index (κ1) is 20.9. The van der Waals surface area contributed by atoms with Crippen molar-refractivity contribution in [2.75, 3.05) is 6.54 Å². The van der Waals surface area contributed by atoms with Crippen molar-refractivity contribution in [3.63, 3.8) is 0 Å². The molecule has 1 unspecified atom stereocenters. The number of thioether (sulfide) groups is 1. The Balaban J connectivity index is 1.77. The molecule has 7 nitrogen and oxygen atoms in total. The van der Waals surface area contributed by atoms with Crippen LogP contribution in [-0.2, 0) is 19.2 Å². The van der Waals surface area contributed by atoms with Gasteiger partial charge in [-0.1, -0.05) is 60.4 Å². The van der Waals surface area contributed by atoms with Gasteiger partial charge in [0.05, 0.1) is 17.7 Å². The number of thiocarbonyl (C=S) groups is 1. The van der Waals surface area contributed by atoms with Gasteiger partial charge in [0.15, 0.2) is 0 Å². The van der Waals surface area contributed by atoms with Crippen molar-refractivity contribution in [1.29, 1.82) is 0 Å². The van der Waals surface area contributed by atoms with Crippen LogP contribution in [0.3, 0.4) is 0 Å². The zero-order valence-corrected chi connectivity index (χ0v) is 17.2. The topological polar surface area (TPSA) is 95.0 Å². The number of allylic oxidation sites excluding steroid dienone is 2. The molecule has 0 aromatic heterocycles. The minimum atomic E-state index is -1.11. The molecule has 2 saturated heterocycles. The van der Waals surface area contributed by atoms with Gasteiger partial charge in [-0.25, -0.2) is 0 Å². The molecule has 29 heavy (non-hydrogen) atoms. The van der Waals surface area contributed by atoms with Gasteiger partial charge in [-0.15, -0.1) is 0 Å². The van der Waals surface area contributed by atoms with E-state index in [0.29, 0.717) is 4.91 Å². The van der Waals surface area contributed by atoms with Crippen LogP contribution >= 0.6 is 24.0 Å². The number of rotatable bonds is 6. The number of likely N-dealkylation sites (tertiary alicyclic amines) is 1. The summed E-state index contributed by atoms with van der Waals surface area (Å²) in [4.78, 5) is 50.8. The maximum Gasteiger partial charge on any atom is 0.305 e. The average Bonchev–Trinajstić information content (AvgIpc) is 3.08. The minimum Gasteiger partial charge on any atom is -0.481 e. The van der Waals surface area contributed by atoms with Gasteiger partial charge in [-0.3, -0.25) is 29.0 Å². The van der Waals surface area contributed by atoms with Crippen molar-refractivity contribution in [2.24, 2.45) is 0 Å². The number of hydrogen-bond donors (Lipinski definition) is 1. The number of hydrogen-bond acceptors (Lipinski definition) is 6. The maximum atomic E-state index is 12.9. The Labute approximate surface area is 177 Å². The zero-order chi connectivity index (χ0) is 21.1. The number of amides is 3. The van der Waals surface area contributed by atoms with Crippen molar-refractivity contribution < 1.29 is 24.3 Å². The summed E-state index contributed by atoms with van der Waals surface area (Å²) in [6.07, 6.45) is 3.09. The number of imide groups is 1. The van der Waals surface area contributed by atoms with E-state index >= 15 is 0 Å². The van der Waals surface area contributed by atoms with Gasteiger partial charge in [0.25, 0.3) is 11.8 Å². The molecule has 9 heteroatoms. The molecule has 0 aliphatic carbocycles. The molecule has 0 bridgehead atoms. The minimum absolute atomic E-state index is 0.197. The second-order valence-corrected chi connectivity index (χ2v) is 8.27. The second-order valence-electron chi connectivity index (χ2n) is 6.60. The lowest BCUT2D eigenvalue weighted by atomic mass is 10.1. The number of carbonyl (C=O) groups is 4. The molecular weight excluding hydrogens is 412 g/mol. The molecule has 1 aromatic carbocycles. The number of carboxylic acids is 1. The summed E-state index contributed by atoms with van der Waals surface area (Å²) in [6.45, 7) is 1.64. The fourth-order valence-corrected chi connectivity index (χ4v) is 4.53. The van der Waals surface area contributed by atoms with Gasteiger partial charge in [-0.05, 0) is 24.1 Å². The maximum absolute atomic E-state index is 12.9. The van der Waals surface area contributed by atoms with Crippen LogP contribution in [0.15, 0.2) is 46.9 Å². The Kier molecular flexibility index (Phi) is 6.29. The lowest BCUT2D eigenvalue weighted by Gasteiger charge is -2.21. The number of carbonyl (C=O) groups excluding carboxylic acids is 3. The highest BCUT2D eigenvalue weighted by Gasteiger charge is 2.48. The molecule has 150 valence electrons. The third kappa shape index (κ3) is 4.63. The number of aliphatic carboxylic acids is 1. The third-order valence-corrected chi connectivity index (χ3v) is 5.79. The van der Waals surface area contributed by atoms with E-state index < -0.39 is 29.7 Å². The van der Waals surface area contributed by atoms with Crippen molar-refractivity contribution in [2.45, 2.75) is 25.8 Å². The molecule has 2 aliphatic heterocycles. The molecule has 1 aromatic rings. The lowest BCUT2D eigenvalue weighted by molar-refractivity contribution is -0.142. The van der Waals surface area contributed by atoms with E-state index in [1.54, 1.807) is 6.08 Å². The number of carboxylic acid groups (broad SMARTS) is 1. The fourth-order valence-electron chi connectivity index (χ4n) is 3.12. The molecule has 1 N–H and O–H groups in total. The van der Waals surface area contributed by atoms with E-state index in [0.717, 1.165) is 27.8 Å². The predicted molar refractivity (Wildman–Crippen MR) is 113 cm³/mol. The van der Waals surface area contributed by atoms with E-state index in [9.17, 15) is 19.2 Å². The highest BCUT2D eigenvalue weighted by Crippen LogP contribution is 2.36. The lowest BCUT2D eigenvalue weighted by Crippen LogP contribution is -2.44. The van der Waals surface area contributed by atoms with Crippen LogP contribution in [0.25, 0.3) is 6.08 Å². The SMILES string of the molecule is CC(/C=C1\SC(=S)N(C2CC(=O)N(CCC(=O)O)C2=O)C1=O)=C\c1ccccc1. The van der Waals surface area contributed by atoms with E-state index in [1.807, 2.05) is 43.3 Å². The summed E-state index contributed by atoms with van der Waals surface area (Å²) in [5.74, 6) is -2.62. The monoisotopic (exact) mass is 430 g/mol. The Morgan fingerprint density at radius 2 is 1.97 bits per heavy atom. The highest BCUT2D eigenvalue weighted by atomic mass is 32.2. The van der Waals surface area contributed by atoms with Crippen LogP contribution in [0.2, 0.25) is 0 Å². The first-order valence-corrected chi connectivity index (χ1v) is 10.1. The number of benzene rings is 1. The van der Waals surface area contributed by atoms with Crippen molar-refractivity contribution >= 4 is 58.1 Å². The van der Waals surface area contributed by atoms with Crippen molar-refractivity contribution in [3.05, 3.63) is 52.4 Å². The third-order valence-electron chi connectivity index (χ3n) is 4.46. The Morgan fingerprint density at radius 3 is 2.62 bits per heavy atom. The van der Waals surface area contributed by atoms with E-state index in [2.05, 4.69) is 0 Å². The van der Waals surface area contributed by atoms with Gasteiger partial charge in [-0.2, -0.15) is 0 Å². The second kappa shape index (κ2) is 8.71. The van der Waals surface area contributed by atoms with E-state index in [-0.39, 0.29) is 23.7 Å². The average molecular weight is 431 g/mol. The molecule has 2 heterocycles. The van der Waals surface area contributed by atoms with E-state index in [1.165, 1.54) is 4.90 Å². The van der Waals surface area contributed by atoms with Gasteiger partial charge in [0.1, 0.15) is 10.4 Å². The van der Waals surface area contributed by atoms with Crippen LogP contribution in [0.5, 0.6) is 0 Å². The molecule has 0 spiro atoms. The molecular formula is C20H18N2O5S2. The summed E-state index contributed by atoms with van der Waals surface area (Å²) in [7, 11) is 0. The highest BCUT2D eigenvalue weighted by molar-refractivity contribution is 8.26. The van der Waals surface area contributed by atoms with Gasteiger partial charge >= 0.3 is 5.97 Å². The zero-order valence-electron chi connectivity index (χ0n) is 15.5. The number of nitrogens with zero attached hydrogens (tertiary/aromatic N) is 2. The van der Waals surface area contributed by atoms with Crippen molar-refractivity contribution in [3.8, 4) is 0 Å². The molecule has 1 atom stereocenters. The van der Waals surface area contributed by atoms with Gasteiger partial charge in [0, 0.05) is 6.54 Å². The molecule has 2 aliphatic rings. The first-order chi connectivity index (χ1) is 13.8. The van der Waals surface area contributed by atoms with E-state index in [4.69, 9.17) is 17.3 Å². The summed E-state index contributed by atoms with van der Waals surface area (Å²) >= 11 is 6.36. The summed E-state index contributed by atoms with van der Waals surface area (Å²) in [5.41, 5.74) is 1.83. The largest absolute Gasteiger partial charge is 0.481 e. The molecule has 2 fully saturated rings. The summed E-state index contributed by atoms with van der Waals surface area (Å²) < 4.78 is 0.208. The van der Waals surface area contributed by atoms with Crippen LogP contribution in [-0.4, -0.2) is 55.5 Å².